The van der Waals surface area contributed by atoms with Crippen molar-refractivity contribution in [2.24, 2.45) is 0 Å². The summed E-state index contributed by atoms with van der Waals surface area (Å²) in [6.07, 6.45) is 0.416. The Morgan fingerprint density at radius 3 is 2.53 bits per heavy atom. The van der Waals surface area contributed by atoms with Gasteiger partial charge in [0.15, 0.2) is 0 Å². The number of sulfonamides is 1. The number of anilines is 1. The van der Waals surface area contributed by atoms with Gasteiger partial charge in [-0.15, -0.1) is 0 Å². The Kier molecular flexibility index (Phi) is 4.92. The van der Waals surface area contributed by atoms with E-state index in [0.717, 1.165) is 0 Å². The summed E-state index contributed by atoms with van der Waals surface area (Å²) >= 11 is 0. The molecule has 0 radical (unpaired) electrons. The lowest BCUT2D eigenvalue weighted by Gasteiger charge is -2.20. The number of hydrogen-bond acceptors (Lipinski definition) is 4. The second kappa shape index (κ2) is 6.00. The van der Waals surface area contributed by atoms with Crippen molar-refractivity contribution in [2.75, 3.05) is 25.4 Å². The number of aliphatic hydroxyl groups is 1. The fourth-order valence-electron chi connectivity index (χ4n) is 1.55. The average molecular weight is 258 g/mol. The second-order valence-corrected chi connectivity index (χ2v) is 5.52. The number of benzene rings is 1. The highest BCUT2D eigenvalue weighted by Crippen LogP contribution is 2.21. The summed E-state index contributed by atoms with van der Waals surface area (Å²) in [5.41, 5.74) is 5.92. The molecule has 1 aromatic carbocycles. The molecule has 0 aliphatic rings. The molecular weight excluding hydrogens is 240 g/mol. The molecule has 6 heteroatoms. The highest BCUT2D eigenvalue weighted by atomic mass is 32.2. The number of nitrogens with zero attached hydrogens (tertiary/aromatic N) is 1. The predicted octanol–water partition coefficient (Wildman–Crippen LogP) is 0.662. The SMILES string of the molecule is CCN(CCCO)S(=O)(=O)c1ccccc1N. The van der Waals surface area contributed by atoms with E-state index in [1.54, 1.807) is 25.1 Å². The van der Waals surface area contributed by atoms with Gasteiger partial charge in [-0.05, 0) is 18.6 Å². The fourth-order valence-corrected chi connectivity index (χ4v) is 3.15. The zero-order valence-electron chi connectivity index (χ0n) is 9.83. The van der Waals surface area contributed by atoms with Crippen molar-refractivity contribution >= 4 is 15.7 Å². The normalized spacial score (nSPS) is 11.9. The zero-order chi connectivity index (χ0) is 12.9. The Morgan fingerprint density at radius 1 is 1.35 bits per heavy atom. The van der Waals surface area contributed by atoms with Gasteiger partial charge in [0.1, 0.15) is 4.90 Å². The van der Waals surface area contributed by atoms with Crippen LogP contribution in [0.3, 0.4) is 0 Å². The molecule has 5 nitrogen and oxygen atoms in total. The maximum absolute atomic E-state index is 12.3. The first-order valence-electron chi connectivity index (χ1n) is 5.49. The molecule has 0 aliphatic carbocycles. The van der Waals surface area contributed by atoms with Gasteiger partial charge in [-0.25, -0.2) is 8.42 Å². The summed E-state index contributed by atoms with van der Waals surface area (Å²) in [4.78, 5) is 0.125. The zero-order valence-corrected chi connectivity index (χ0v) is 10.7. The Hall–Kier alpha value is -1.11. The summed E-state index contributed by atoms with van der Waals surface area (Å²) in [6, 6.07) is 6.39. The van der Waals surface area contributed by atoms with Crippen LogP contribution in [0.5, 0.6) is 0 Å². The summed E-state index contributed by atoms with van der Waals surface area (Å²) in [5.74, 6) is 0. The molecule has 1 aromatic rings. The van der Waals surface area contributed by atoms with Crippen LogP contribution in [-0.4, -0.2) is 37.5 Å². The second-order valence-electron chi connectivity index (χ2n) is 3.61. The molecule has 1 rings (SSSR count). The minimum atomic E-state index is -3.56. The van der Waals surface area contributed by atoms with Crippen LogP contribution < -0.4 is 5.73 Å². The molecule has 0 aliphatic heterocycles. The van der Waals surface area contributed by atoms with Crippen LogP contribution in [0.25, 0.3) is 0 Å². The van der Waals surface area contributed by atoms with E-state index in [2.05, 4.69) is 0 Å². The van der Waals surface area contributed by atoms with E-state index in [9.17, 15) is 8.42 Å². The highest BCUT2D eigenvalue weighted by Gasteiger charge is 2.24. The molecule has 0 saturated heterocycles. The lowest BCUT2D eigenvalue weighted by atomic mass is 10.3. The van der Waals surface area contributed by atoms with Gasteiger partial charge >= 0.3 is 0 Å². The van der Waals surface area contributed by atoms with Gasteiger partial charge in [-0.3, -0.25) is 0 Å². The Morgan fingerprint density at radius 2 is 2.00 bits per heavy atom. The maximum atomic E-state index is 12.3. The molecule has 96 valence electrons. The molecule has 0 fully saturated rings. The Bertz CT molecular complexity index is 460. The van der Waals surface area contributed by atoms with Crippen LogP contribution >= 0.6 is 0 Å². The standard InChI is InChI=1S/C11H18N2O3S/c1-2-13(8-5-9-14)17(15,16)11-7-4-3-6-10(11)12/h3-4,6-7,14H,2,5,8-9,12H2,1H3. The van der Waals surface area contributed by atoms with E-state index >= 15 is 0 Å². The van der Waals surface area contributed by atoms with Crippen molar-refractivity contribution in [3.63, 3.8) is 0 Å². The Balaban J connectivity index is 3.05. The van der Waals surface area contributed by atoms with Gasteiger partial charge in [-0.1, -0.05) is 19.1 Å². The van der Waals surface area contributed by atoms with Crippen LogP contribution in [0.4, 0.5) is 5.69 Å². The smallest absolute Gasteiger partial charge is 0.245 e. The van der Waals surface area contributed by atoms with Gasteiger partial charge < -0.3 is 10.8 Å². The molecule has 0 amide bonds. The monoisotopic (exact) mass is 258 g/mol. The maximum Gasteiger partial charge on any atom is 0.245 e. The van der Waals surface area contributed by atoms with E-state index in [1.165, 1.54) is 10.4 Å². The number of nitrogens with two attached hydrogens (primary N) is 1. The molecule has 0 bridgehead atoms. The molecule has 0 aromatic heterocycles. The van der Waals surface area contributed by atoms with Crippen LogP contribution in [0.2, 0.25) is 0 Å². The van der Waals surface area contributed by atoms with Gasteiger partial charge in [0.2, 0.25) is 10.0 Å². The van der Waals surface area contributed by atoms with E-state index in [4.69, 9.17) is 10.8 Å². The van der Waals surface area contributed by atoms with Gasteiger partial charge in [0, 0.05) is 19.7 Å². The summed E-state index contributed by atoms with van der Waals surface area (Å²) < 4.78 is 25.8. The largest absolute Gasteiger partial charge is 0.398 e. The minimum Gasteiger partial charge on any atom is -0.398 e. The molecule has 0 saturated carbocycles. The molecular formula is C11H18N2O3S. The first kappa shape index (κ1) is 14.0. The van der Waals surface area contributed by atoms with Crippen molar-refractivity contribution in [1.82, 2.24) is 4.31 Å². The Labute approximate surface area is 102 Å². The quantitative estimate of drug-likeness (QED) is 0.734. The van der Waals surface area contributed by atoms with Crippen LogP contribution in [0.15, 0.2) is 29.2 Å². The number of rotatable bonds is 6. The summed E-state index contributed by atoms with van der Waals surface area (Å²) in [5, 5.41) is 8.76. The molecule has 0 heterocycles. The lowest BCUT2D eigenvalue weighted by Crippen LogP contribution is -2.32. The molecule has 0 atom stereocenters. The molecule has 17 heavy (non-hydrogen) atoms. The predicted molar refractivity (Wildman–Crippen MR) is 67.0 cm³/mol. The minimum absolute atomic E-state index is 0.0315. The van der Waals surface area contributed by atoms with Crippen LogP contribution in [0, 0.1) is 0 Å². The third kappa shape index (κ3) is 3.18. The summed E-state index contributed by atoms with van der Waals surface area (Å²) in [7, 11) is -3.56. The van der Waals surface area contributed by atoms with E-state index in [-0.39, 0.29) is 17.2 Å². The average Bonchev–Trinajstić information content (AvgIpc) is 2.30. The molecule has 0 spiro atoms. The van der Waals surface area contributed by atoms with Gasteiger partial charge in [-0.2, -0.15) is 4.31 Å². The van der Waals surface area contributed by atoms with Crippen LogP contribution in [0.1, 0.15) is 13.3 Å². The van der Waals surface area contributed by atoms with Crippen molar-refractivity contribution in [1.29, 1.82) is 0 Å². The first-order valence-corrected chi connectivity index (χ1v) is 6.93. The number of aliphatic hydroxyl groups excluding tert-OH is 1. The first-order chi connectivity index (χ1) is 8.04. The third-order valence-corrected chi connectivity index (χ3v) is 4.50. The number of para-hydroxylation sites is 1. The highest BCUT2D eigenvalue weighted by molar-refractivity contribution is 7.89. The molecule has 0 unspecified atom stereocenters. The third-order valence-electron chi connectivity index (χ3n) is 2.46. The fraction of sp³-hybridized carbons (Fsp3) is 0.455. The number of hydrogen-bond donors (Lipinski definition) is 2. The molecule has 3 N–H and O–H groups in total. The number of nitrogen functional groups attached to an aromatic ring is 1. The van der Waals surface area contributed by atoms with Crippen molar-refractivity contribution < 1.29 is 13.5 Å². The van der Waals surface area contributed by atoms with Crippen molar-refractivity contribution in [3.05, 3.63) is 24.3 Å². The van der Waals surface area contributed by atoms with E-state index < -0.39 is 10.0 Å². The van der Waals surface area contributed by atoms with Gasteiger partial charge in [0.25, 0.3) is 0 Å². The van der Waals surface area contributed by atoms with Crippen molar-refractivity contribution in [2.45, 2.75) is 18.2 Å². The van der Waals surface area contributed by atoms with Gasteiger partial charge in [0.05, 0.1) is 5.69 Å². The van der Waals surface area contributed by atoms with Crippen molar-refractivity contribution in [3.8, 4) is 0 Å². The lowest BCUT2D eigenvalue weighted by molar-refractivity contribution is 0.271. The van der Waals surface area contributed by atoms with E-state index in [0.29, 0.717) is 19.5 Å². The van der Waals surface area contributed by atoms with E-state index in [1.807, 2.05) is 0 Å². The summed E-state index contributed by atoms with van der Waals surface area (Å²) in [6.45, 7) is 2.38. The topological polar surface area (TPSA) is 83.6 Å². The van der Waals surface area contributed by atoms with Crippen LogP contribution in [-0.2, 0) is 10.0 Å².